The largest absolute Gasteiger partial charge is 0.534 e. The van der Waals surface area contributed by atoms with Crippen molar-refractivity contribution >= 4 is 21.2 Å². The second kappa shape index (κ2) is 5.52. The van der Waals surface area contributed by atoms with Gasteiger partial charge in [0.25, 0.3) is 0 Å². The first-order valence-electron chi connectivity index (χ1n) is 6.73. The van der Waals surface area contributed by atoms with Gasteiger partial charge in [0.2, 0.25) is 0 Å². The molecule has 1 heterocycles. The number of nitrogens with zero attached hydrogens (tertiary/aromatic N) is 1. The zero-order valence-corrected chi connectivity index (χ0v) is 13.1. The van der Waals surface area contributed by atoms with E-state index < -0.39 is 21.4 Å². The van der Waals surface area contributed by atoms with E-state index in [1.807, 2.05) is 25.1 Å². The third-order valence-electron chi connectivity index (χ3n) is 3.28. The van der Waals surface area contributed by atoms with Crippen LogP contribution in [0.1, 0.15) is 5.82 Å². The highest BCUT2D eigenvalue weighted by Gasteiger charge is 2.48. The summed E-state index contributed by atoms with van der Waals surface area (Å²) in [6.45, 7) is 1.83. The molecular formula is C15H11F3N2O3S. The second-order valence-electron chi connectivity index (χ2n) is 5.06. The number of imidazole rings is 1. The molecule has 0 atom stereocenters. The zero-order chi connectivity index (χ0) is 17.5. The average Bonchev–Trinajstić information content (AvgIpc) is 2.85. The van der Waals surface area contributed by atoms with Gasteiger partial charge in [-0.3, -0.25) is 0 Å². The smallest absolute Gasteiger partial charge is 0.376 e. The Hall–Kier alpha value is -2.55. The van der Waals surface area contributed by atoms with E-state index in [1.54, 1.807) is 0 Å². The quantitative estimate of drug-likeness (QED) is 0.573. The Morgan fingerprint density at radius 1 is 1.04 bits per heavy atom. The van der Waals surface area contributed by atoms with Gasteiger partial charge < -0.3 is 9.17 Å². The van der Waals surface area contributed by atoms with Crippen LogP contribution in [0.5, 0.6) is 5.75 Å². The lowest BCUT2D eigenvalue weighted by Gasteiger charge is -2.10. The van der Waals surface area contributed by atoms with Gasteiger partial charge in [-0.05, 0) is 42.3 Å². The lowest BCUT2D eigenvalue weighted by Crippen LogP contribution is -2.28. The predicted molar refractivity (Wildman–Crippen MR) is 81.9 cm³/mol. The first kappa shape index (κ1) is 16.3. The Bertz CT molecular complexity index is 993. The van der Waals surface area contributed by atoms with E-state index in [-0.39, 0.29) is 0 Å². The summed E-state index contributed by atoms with van der Waals surface area (Å²) < 4.78 is 62.9. The van der Waals surface area contributed by atoms with Crippen LogP contribution in [0.15, 0.2) is 42.5 Å². The van der Waals surface area contributed by atoms with Crippen molar-refractivity contribution in [2.45, 2.75) is 12.4 Å². The third kappa shape index (κ3) is 3.07. The maximum atomic E-state index is 12.3. The molecule has 24 heavy (non-hydrogen) atoms. The molecular weight excluding hydrogens is 345 g/mol. The SMILES string of the molecule is Cc1nc2ccc(-c3ccc(OS(=O)(=O)C(F)(F)F)cc3)cc2[nH]1. The summed E-state index contributed by atoms with van der Waals surface area (Å²) in [7, 11) is -5.67. The van der Waals surface area contributed by atoms with Crippen LogP contribution in [-0.4, -0.2) is 23.9 Å². The van der Waals surface area contributed by atoms with Crippen LogP contribution in [0.2, 0.25) is 0 Å². The monoisotopic (exact) mass is 356 g/mol. The van der Waals surface area contributed by atoms with Crippen molar-refractivity contribution in [1.82, 2.24) is 9.97 Å². The molecule has 1 N–H and O–H groups in total. The van der Waals surface area contributed by atoms with E-state index in [0.29, 0.717) is 5.56 Å². The number of nitrogens with one attached hydrogen (secondary N) is 1. The number of hydrogen-bond donors (Lipinski definition) is 1. The number of hydrogen-bond acceptors (Lipinski definition) is 4. The molecule has 0 amide bonds. The minimum Gasteiger partial charge on any atom is -0.376 e. The zero-order valence-electron chi connectivity index (χ0n) is 12.3. The molecule has 5 nitrogen and oxygen atoms in total. The first-order valence-corrected chi connectivity index (χ1v) is 8.14. The van der Waals surface area contributed by atoms with Crippen molar-refractivity contribution in [3.63, 3.8) is 0 Å². The number of alkyl halides is 3. The first-order chi connectivity index (χ1) is 11.2. The number of aryl methyl sites for hydroxylation is 1. The fourth-order valence-electron chi connectivity index (χ4n) is 2.19. The number of rotatable bonds is 3. The second-order valence-corrected chi connectivity index (χ2v) is 6.60. The number of benzene rings is 2. The molecule has 3 aromatic rings. The molecule has 0 saturated carbocycles. The van der Waals surface area contributed by atoms with E-state index in [2.05, 4.69) is 14.2 Å². The summed E-state index contributed by atoms with van der Waals surface area (Å²) in [4.78, 5) is 7.36. The number of aromatic amines is 1. The van der Waals surface area contributed by atoms with Crippen molar-refractivity contribution in [2.75, 3.05) is 0 Å². The van der Waals surface area contributed by atoms with Crippen molar-refractivity contribution < 1.29 is 25.8 Å². The fourth-order valence-corrected chi connectivity index (χ4v) is 2.65. The summed E-state index contributed by atoms with van der Waals surface area (Å²) in [5, 5.41) is 0. The number of aromatic nitrogens is 2. The Labute approximate surface area is 135 Å². The standard InChI is InChI=1S/C15H11F3N2O3S/c1-9-19-13-7-4-11(8-14(13)20-9)10-2-5-12(6-3-10)23-24(21,22)15(16,17)18/h2-8H,1H3,(H,19,20). The van der Waals surface area contributed by atoms with Crippen LogP contribution < -0.4 is 4.18 Å². The van der Waals surface area contributed by atoms with Crippen molar-refractivity contribution in [2.24, 2.45) is 0 Å². The maximum absolute atomic E-state index is 12.3. The highest BCUT2D eigenvalue weighted by molar-refractivity contribution is 7.88. The summed E-state index contributed by atoms with van der Waals surface area (Å²) in [5.74, 6) is 0.359. The van der Waals surface area contributed by atoms with Crippen molar-refractivity contribution in [3.8, 4) is 16.9 Å². The maximum Gasteiger partial charge on any atom is 0.534 e. The van der Waals surface area contributed by atoms with Gasteiger partial charge in [0.05, 0.1) is 11.0 Å². The van der Waals surface area contributed by atoms with Gasteiger partial charge in [0, 0.05) is 0 Å². The van der Waals surface area contributed by atoms with Crippen molar-refractivity contribution in [3.05, 3.63) is 48.3 Å². The molecule has 126 valence electrons. The van der Waals surface area contributed by atoms with E-state index in [9.17, 15) is 21.6 Å². The van der Waals surface area contributed by atoms with Crippen LogP contribution in [0.25, 0.3) is 22.2 Å². The highest BCUT2D eigenvalue weighted by Crippen LogP contribution is 2.29. The molecule has 0 radical (unpaired) electrons. The van der Waals surface area contributed by atoms with Gasteiger partial charge in [-0.15, -0.1) is 0 Å². The molecule has 0 spiro atoms. The van der Waals surface area contributed by atoms with E-state index in [1.165, 1.54) is 24.3 Å². The highest BCUT2D eigenvalue weighted by atomic mass is 32.2. The molecule has 0 aliphatic rings. The predicted octanol–water partition coefficient (Wildman–Crippen LogP) is 3.77. The number of fused-ring (bicyclic) bond motifs is 1. The van der Waals surface area contributed by atoms with Gasteiger partial charge in [0.1, 0.15) is 11.6 Å². The normalized spacial score (nSPS) is 12.5. The minimum atomic E-state index is -5.67. The number of halogens is 3. The fraction of sp³-hybridized carbons (Fsp3) is 0.133. The van der Waals surface area contributed by atoms with Crippen LogP contribution in [0.3, 0.4) is 0 Å². The molecule has 0 bridgehead atoms. The summed E-state index contributed by atoms with van der Waals surface area (Å²) in [6, 6.07) is 10.8. The summed E-state index contributed by atoms with van der Waals surface area (Å²) in [5.41, 5.74) is -2.34. The van der Waals surface area contributed by atoms with Crippen LogP contribution >= 0.6 is 0 Å². The molecule has 0 unspecified atom stereocenters. The third-order valence-corrected chi connectivity index (χ3v) is 4.26. The van der Waals surface area contributed by atoms with E-state index >= 15 is 0 Å². The van der Waals surface area contributed by atoms with Gasteiger partial charge in [-0.2, -0.15) is 21.6 Å². The van der Waals surface area contributed by atoms with Gasteiger partial charge >= 0.3 is 15.6 Å². The Morgan fingerprint density at radius 2 is 1.67 bits per heavy atom. The van der Waals surface area contributed by atoms with Gasteiger partial charge in [-0.1, -0.05) is 18.2 Å². The molecule has 0 fully saturated rings. The minimum absolute atomic E-state index is 0.408. The lowest BCUT2D eigenvalue weighted by molar-refractivity contribution is -0.0500. The average molecular weight is 356 g/mol. The van der Waals surface area contributed by atoms with Gasteiger partial charge in [0.15, 0.2) is 0 Å². The van der Waals surface area contributed by atoms with E-state index in [4.69, 9.17) is 0 Å². The van der Waals surface area contributed by atoms with Gasteiger partial charge in [-0.25, -0.2) is 4.98 Å². The Morgan fingerprint density at radius 3 is 2.29 bits per heavy atom. The molecule has 1 aromatic heterocycles. The van der Waals surface area contributed by atoms with E-state index in [0.717, 1.165) is 22.4 Å². The van der Waals surface area contributed by atoms with Crippen molar-refractivity contribution in [1.29, 1.82) is 0 Å². The molecule has 3 rings (SSSR count). The Kier molecular flexibility index (Phi) is 3.75. The lowest BCUT2D eigenvalue weighted by atomic mass is 10.1. The summed E-state index contributed by atoms with van der Waals surface area (Å²) in [6.07, 6.45) is 0. The van der Waals surface area contributed by atoms with Crippen LogP contribution in [0, 0.1) is 6.92 Å². The molecule has 9 heteroatoms. The molecule has 0 saturated heterocycles. The summed E-state index contributed by atoms with van der Waals surface area (Å²) >= 11 is 0. The molecule has 2 aromatic carbocycles. The van der Waals surface area contributed by atoms with Crippen LogP contribution in [0.4, 0.5) is 13.2 Å². The topological polar surface area (TPSA) is 72.0 Å². The molecule has 0 aliphatic carbocycles. The number of H-pyrrole nitrogens is 1. The molecule has 0 aliphatic heterocycles. The van der Waals surface area contributed by atoms with Crippen LogP contribution in [-0.2, 0) is 10.1 Å². The Balaban J connectivity index is 1.88.